The lowest BCUT2D eigenvalue weighted by Gasteiger charge is -2.14. The van der Waals surface area contributed by atoms with E-state index in [1.54, 1.807) is 0 Å². The molecule has 27 heavy (non-hydrogen) atoms. The van der Waals surface area contributed by atoms with Crippen LogP contribution >= 0.6 is 11.8 Å². The van der Waals surface area contributed by atoms with Gasteiger partial charge in [0.15, 0.2) is 0 Å². The van der Waals surface area contributed by atoms with Crippen LogP contribution in [0.15, 0.2) is 0 Å². The molecule has 0 atom stereocenters. The number of thioether (sulfide) groups is 1. The standard InChI is InChI=1S/C24H52OSSi/c1-24(2)25-20-19-22-26-21-17-15-13-11-9-7-6-8-10-12-14-16-18-23-27(3,4)5/h24H,6-23H2,1-5H3. The first kappa shape index (κ1) is 27.5. The number of rotatable bonds is 21. The largest absolute Gasteiger partial charge is 0.379 e. The van der Waals surface area contributed by atoms with Crippen LogP contribution in [-0.4, -0.2) is 32.3 Å². The molecule has 0 aliphatic carbocycles. The Morgan fingerprint density at radius 3 is 1.44 bits per heavy atom. The molecule has 3 heteroatoms. The third-order valence-corrected chi connectivity index (χ3v) is 8.11. The molecule has 0 fully saturated rings. The van der Waals surface area contributed by atoms with E-state index >= 15 is 0 Å². The summed E-state index contributed by atoms with van der Waals surface area (Å²) in [4.78, 5) is 0. The van der Waals surface area contributed by atoms with Gasteiger partial charge in [0.1, 0.15) is 0 Å². The Balaban J connectivity index is 3.03. The molecular formula is C24H52OSSi. The van der Waals surface area contributed by atoms with E-state index in [1.165, 1.54) is 107 Å². The molecule has 0 aliphatic rings. The molecule has 0 N–H and O–H groups in total. The number of hydrogen-bond donors (Lipinski definition) is 0. The van der Waals surface area contributed by atoms with Gasteiger partial charge in [-0.2, -0.15) is 11.8 Å². The minimum Gasteiger partial charge on any atom is -0.379 e. The van der Waals surface area contributed by atoms with Crippen molar-refractivity contribution < 1.29 is 4.74 Å². The molecule has 0 aliphatic heterocycles. The van der Waals surface area contributed by atoms with Crippen molar-refractivity contribution in [2.24, 2.45) is 0 Å². The van der Waals surface area contributed by atoms with Gasteiger partial charge in [0.25, 0.3) is 0 Å². The van der Waals surface area contributed by atoms with Crippen molar-refractivity contribution in [1.29, 1.82) is 0 Å². The van der Waals surface area contributed by atoms with Gasteiger partial charge in [0.2, 0.25) is 0 Å². The quantitative estimate of drug-likeness (QED) is 0.136. The molecule has 0 rings (SSSR count). The van der Waals surface area contributed by atoms with Crippen LogP contribution in [0.3, 0.4) is 0 Å². The summed E-state index contributed by atoms with van der Waals surface area (Å²) in [5.74, 6) is 2.62. The highest BCUT2D eigenvalue weighted by Gasteiger charge is 2.11. The van der Waals surface area contributed by atoms with Crippen molar-refractivity contribution >= 4 is 19.8 Å². The van der Waals surface area contributed by atoms with Crippen molar-refractivity contribution in [3.05, 3.63) is 0 Å². The smallest absolute Gasteiger partial charge is 0.0518 e. The van der Waals surface area contributed by atoms with Crippen molar-refractivity contribution in [3.8, 4) is 0 Å². The fourth-order valence-electron chi connectivity index (χ4n) is 3.39. The van der Waals surface area contributed by atoms with Gasteiger partial charge >= 0.3 is 0 Å². The lowest BCUT2D eigenvalue weighted by molar-refractivity contribution is 0.0800. The van der Waals surface area contributed by atoms with E-state index in [1.807, 2.05) is 0 Å². The van der Waals surface area contributed by atoms with Crippen LogP contribution in [0.4, 0.5) is 0 Å². The maximum atomic E-state index is 5.57. The minimum atomic E-state index is -0.779. The normalized spacial score (nSPS) is 12.2. The summed E-state index contributed by atoms with van der Waals surface area (Å²) in [5.41, 5.74) is 0. The second-order valence-corrected chi connectivity index (χ2v) is 16.6. The molecule has 0 unspecified atom stereocenters. The van der Waals surface area contributed by atoms with Crippen molar-refractivity contribution in [1.82, 2.24) is 0 Å². The van der Waals surface area contributed by atoms with E-state index in [2.05, 4.69) is 45.3 Å². The molecular weight excluding hydrogens is 364 g/mol. The first-order valence-electron chi connectivity index (χ1n) is 12.1. The predicted octanol–water partition coefficient (Wildman–Crippen LogP) is 8.94. The molecule has 164 valence electrons. The van der Waals surface area contributed by atoms with E-state index < -0.39 is 8.07 Å². The van der Waals surface area contributed by atoms with Crippen LogP contribution in [0.2, 0.25) is 25.7 Å². The first-order chi connectivity index (χ1) is 12.9. The topological polar surface area (TPSA) is 9.23 Å². The highest BCUT2D eigenvalue weighted by molar-refractivity contribution is 7.99. The molecule has 0 aromatic rings. The average Bonchev–Trinajstić information content (AvgIpc) is 2.58. The molecule has 0 aromatic heterocycles. The Labute approximate surface area is 178 Å². The molecule has 0 amide bonds. The van der Waals surface area contributed by atoms with Crippen LogP contribution in [0, 0.1) is 0 Å². The maximum absolute atomic E-state index is 5.57. The molecule has 0 saturated heterocycles. The van der Waals surface area contributed by atoms with Gasteiger partial charge < -0.3 is 4.74 Å². The number of hydrogen-bond acceptors (Lipinski definition) is 2. The molecule has 0 saturated carbocycles. The molecule has 0 aromatic carbocycles. The SMILES string of the molecule is CC(C)OCCCSCCCCCCCCCCCCCCC[Si](C)(C)C. The van der Waals surface area contributed by atoms with Crippen molar-refractivity contribution in [3.63, 3.8) is 0 Å². The fourth-order valence-corrected chi connectivity index (χ4v) is 5.63. The van der Waals surface area contributed by atoms with Gasteiger partial charge in [0.05, 0.1) is 6.10 Å². The van der Waals surface area contributed by atoms with E-state index in [-0.39, 0.29) is 0 Å². The second-order valence-electron chi connectivity index (χ2n) is 9.79. The molecule has 0 heterocycles. The van der Waals surface area contributed by atoms with Gasteiger partial charge in [-0.25, -0.2) is 0 Å². The highest BCUT2D eigenvalue weighted by Crippen LogP contribution is 2.17. The van der Waals surface area contributed by atoms with E-state index in [0.29, 0.717) is 6.10 Å². The third-order valence-electron chi connectivity index (χ3n) is 5.10. The molecule has 1 nitrogen and oxygen atoms in total. The zero-order valence-electron chi connectivity index (χ0n) is 19.6. The summed E-state index contributed by atoms with van der Waals surface area (Å²) in [6.07, 6.45) is 20.7. The Bertz CT molecular complexity index is 289. The summed E-state index contributed by atoms with van der Waals surface area (Å²) in [7, 11) is -0.779. The zero-order valence-corrected chi connectivity index (χ0v) is 21.4. The fraction of sp³-hybridized carbons (Fsp3) is 1.00. The van der Waals surface area contributed by atoms with Gasteiger partial charge in [-0.15, -0.1) is 0 Å². The molecule has 0 bridgehead atoms. The number of unbranched alkanes of at least 4 members (excludes halogenated alkanes) is 12. The van der Waals surface area contributed by atoms with Crippen LogP contribution in [-0.2, 0) is 4.74 Å². The van der Waals surface area contributed by atoms with Crippen LogP contribution in [0.1, 0.15) is 104 Å². The minimum absolute atomic E-state index is 0.389. The summed E-state index contributed by atoms with van der Waals surface area (Å²) in [5, 5.41) is 0. The Kier molecular flexibility index (Phi) is 20.2. The van der Waals surface area contributed by atoms with Gasteiger partial charge in [-0.1, -0.05) is 103 Å². The summed E-state index contributed by atoms with van der Waals surface area (Å²) >= 11 is 2.11. The predicted molar refractivity (Wildman–Crippen MR) is 131 cm³/mol. The second kappa shape index (κ2) is 19.8. The Morgan fingerprint density at radius 1 is 0.593 bits per heavy atom. The van der Waals surface area contributed by atoms with E-state index in [9.17, 15) is 0 Å². The Hall–Kier alpha value is 0.527. The van der Waals surface area contributed by atoms with Gasteiger partial charge in [-0.05, 0) is 38.2 Å². The van der Waals surface area contributed by atoms with Crippen LogP contribution in [0.25, 0.3) is 0 Å². The maximum Gasteiger partial charge on any atom is 0.0518 e. The first-order valence-corrected chi connectivity index (χ1v) is 17.0. The van der Waals surface area contributed by atoms with E-state index in [4.69, 9.17) is 4.74 Å². The zero-order chi connectivity index (χ0) is 20.2. The lowest BCUT2D eigenvalue weighted by Crippen LogP contribution is -2.18. The van der Waals surface area contributed by atoms with Crippen LogP contribution in [0.5, 0.6) is 0 Å². The Morgan fingerprint density at radius 2 is 1.00 bits per heavy atom. The summed E-state index contributed by atoms with van der Waals surface area (Å²) in [6.45, 7) is 12.7. The summed E-state index contributed by atoms with van der Waals surface area (Å²) < 4.78 is 5.57. The third kappa shape index (κ3) is 26.5. The average molecular weight is 417 g/mol. The van der Waals surface area contributed by atoms with Gasteiger partial charge in [0, 0.05) is 14.7 Å². The summed E-state index contributed by atoms with van der Waals surface area (Å²) in [6, 6.07) is 1.53. The molecule has 0 spiro atoms. The van der Waals surface area contributed by atoms with Crippen molar-refractivity contribution in [2.45, 2.75) is 136 Å². The highest BCUT2D eigenvalue weighted by atomic mass is 32.2. The van der Waals surface area contributed by atoms with Crippen molar-refractivity contribution in [2.75, 3.05) is 18.1 Å². The van der Waals surface area contributed by atoms with Crippen LogP contribution < -0.4 is 0 Å². The lowest BCUT2D eigenvalue weighted by atomic mass is 10.0. The molecule has 0 radical (unpaired) electrons. The van der Waals surface area contributed by atoms with E-state index in [0.717, 1.165) is 6.61 Å². The monoisotopic (exact) mass is 416 g/mol. The van der Waals surface area contributed by atoms with Gasteiger partial charge in [-0.3, -0.25) is 0 Å². The number of ether oxygens (including phenoxy) is 1.